The number of hydrogen-bond acceptors (Lipinski definition) is 6. The molecule has 46 heavy (non-hydrogen) atoms. The molecule has 0 spiro atoms. The second-order valence-electron chi connectivity index (χ2n) is 13.1. The highest BCUT2D eigenvalue weighted by Crippen LogP contribution is 2.38. The van der Waals surface area contributed by atoms with E-state index in [0.717, 1.165) is 36.2 Å². The molecule has 1 fully saturated rings. The molecule has 0 saturated heterocycles. The summed E-state index contributed by atoms with van der Waals surface area (Å²) >= 11 is 0. The van der Waals surface area contributed by atoms with Crippen LogP contribution in [0.4, 0.5) is 9.18 Å². The Labute approximate surface area is 275 Å². The monoisotopic (exact) mass is 632 g/mol. The summed E-state index contributed by atoms with van der Waals surface area (Å²) in [4.78, 5) is 23.9. The largest absolute Gasteiger partial charge is 0.444 e. The SMILES string of the molecule is CC1C=CC=C(N)C=C1F.CCCC/C(=C\c1nccc(C2CCC2)c1C)c1ccc(CN(CCOC)C(=O)OC(C)(C)C)cn1. The van der Waals surface area contributed by atoms with Gasteiger partial charge < -0.3 is 20.1 Å². The summed E-state index contributed by atoms with van der Waals surface area (Å²) in [6.07, 6.45) is 19.3. The second-order valence-corrected chi connectivity index (χ2v) is 13.1. The molecule has 250 valence electrons. The minimum Gasteiger partial charge on any atom is -0.444 e. The molecule has 2 aliphatic carbocycles. The van der Waals surface area contributed by atoms with Crippen molar-refractivity contribution in [2.45, 2.75) is 98.1 Å². The zero-order valence-corrected chi connectivity index (χ0v) is 28.8. The summed E-state index contributed by atoms with van der Waals surface area (Å²) in [6, 6.07) is 6.30. The maximum absolute atomic E-state index is 12.8. The Hall–Kier alpha value is -3.78. The van der Waals surface area contributed by atoms with E-state index in [0.29, 0.717) is 31.3 Å². The molecule has 1 saturated carbocycles. The van der Waals surface area contributed by atoms with Crippen molar-refractivity contribution < 1.29 is 18.7 Å². The molecule has 0 aromatic carbocycles. The minimum atomic E-state index is -0.550. The van der Waals surface area contributed by atoms with Gasteiger partial charge in [0.1, 0.15) is 11.4 Å². The molecule has 0 radical (unpaired) electrons. The number of nitrogens with zero attached hydrogens (tertiary/aromatic N) is 3. The van der Waals surface area contributed by atoms with E-state index in [2.05, 4.69) is 38.1 Å². The molecule has 0 aliphatic heterocycles. The summed E-state index contributed by atoms with van der Waals surface area (Å²) in [5.41, 5.74) is 12.2. The van der Waals surface area contributed by atoms with E-state index in [-0.39, 0.29) is 17.8 Å². The van der Waals surface area contributed by atoms with Crippen molar-refractivity contribution >= 4 is 17.7 Å². The molecular formula is C38H53FN4O3. The number of ether oxygens (including phenoxy) is 2. The van der Waals surface area contributed by atoms with Gasteiger partial charge in [0.2, 0.25) is 0 Å². The minimum absolute atomic E-state index is 0.141. The highest BCUT2D eigenvalue weighted by Gasteiger charge is 2.23. The van der Waals surface area contributed by atoms with Gasteiger partial charge >= 0.3 is 6.09 Å². The summed E-state index contributed by atoms with van der Waals surface area (Å²) in [6.45, 7) is 13.1. The Balaban J connectivity index is 0.000000489. The lowest BCUT2D eigenvalue weighted by atomic mass is 9.78. The lowest BCUT2D eigenvalue weighted by Gasteiger charge is -2.27. The van der Waals surface area contributed by atoms with Crippen molar-refractivity contribution in [3.63, 3.8) is 0 Å². The van der Waals surface area contributed by atoms with Crippen LogP contribution in [-0.2, 0) is 16.0 Å². The molecule has 1 unspecified atom stereocenters. The number of unbranched alkanes of at least 4 members (excludes halogenated alkanes) is 1. The van der Waals surface area contributed by atoms with Gasteiger partial charge in [-0.1, -0.05) is 44.9 Å². The number of amides is 1. The number of pyridine rings is 2. The fraction of sp³-hybridized carbons (Fsp3) is 0.500. The van der Waals surface area contributed by atoms with Crippen LogP contribution in [0.2, 0.25) is 0 Å². The van der Waals surface area contributed by atoms with Crippen molar-refractivity contribution in [1.29, 1.82) is 0 Å². The molecule has 2 aliphatic rings. The van der Waals surface area contributed by atoms with Crippen LogP contribution in [0.25, 0.3) is 11.6 Å². The molecule has 0 bridgehead atoms. The van der Waals surface area contributed by atoms with E-state index in [1.54, 1.807) is 37.2 Å². The first-order valence-corrected chi connectivity index (χ1v) is 16.5. The molecule has 2 N–H and O–H groups in total. The lowest BCUT2D eigenvalue weighted by Crippen LogP contribution is -2.38. The standard InChI is InChI=1S/C30H43N3O3.C8H10FN/c1-7-8-10-25(19-28-22(2)26(15-16-31-28)24-11-9-12-24)27-14-13-23(20-32-27)21-33(17-18-35-6)29(34)36-30(3,4)5;1-6-3-2-4-7(10)5-8(6)9/h13-16,19-20,24H,7-12,17-18,21H2,1-6H3;2-6H,10H2,1H3/b25-19+;. The van der Waals surface area contributed by atoms with Crippen molar-refractivity contribution in [2.75, 3.05) is 20.3 Å². The number of aromatic nitrogens is 2. The molecule has 7 nitrogen and oxygen atoms in total. The Morgan fingerprint density at radius 1 is 1.20 bits per heavy atom. The fourth-order valence-corrected chi connectivity index (χ4v) is 5.14. The Kier molecular flexibility index (Phi) is 14.2. The first-order chi connectivity index (χ1) is 21.9. The van der Waals surface area contributed by atoms with Crippen LogP contribution in [-0.4, -0.2) is 46.8 Å². The van der Waals surface area contributed by atoms with E-state index in [9.17, 15) is 9.18 Å². The van der Waals surface area contributed by atoms with E-state index in [1.807, 2.05) is 33.2 Å². The van der Waals surface area contributed by atoms with Crippen LogP contribution in [0.3, 0.4) is 0 Å². The van der Waals surface area contributed by atoms with Crippen molar-refractivity contribution in [3.8, 4) is 0 Å². The summed E-state index contributed by atoms with van der Waals surface area (Å²) < 4.78 is 23.6. The first kappa shape index (κ1) is 36.7. The zero-order valence-electron chi connectivity index (χ0n) is 28.8. The van der Waals surface area contributed by atoms with Crippen LogP contribution in [0.15, 0.2) is 66.4 Å². The molecule has 2 heterocycles. The lowest BCUT2D eigenvalue weighted by molar-refractivity contribution is 0.0183. The van der Waals surface area contributed by atoms with E-state index in [4.69, 9.17) is 25.2 Å². The summed E-state index contributed by atoms with van der Waals surface area (Å²) in [7, 11) is 1.63. The van der Waals surface area contributed by atoms with E-state index in [1.165, 1.54) is 42.0 Å². The number of methoxy groups -OCH3 is 1. The Morgan fingerprint density at radius 3 is 2.57 bits per heavy atom. The van der Waals surface area contributed by atoms with Gasteiger partial charge in [0, 0.05) is 37.7 Å². The number of carbonyl (C=O) groups is 1. The van der Waals surface area contributed by atoms with E-state index < -0.39 is 5.60 Å². The predicted molar refractivity (Wildman–Crippen MR) is 185 cm³/mol. The highest BCUT2D eigenvalue weighted by atomic mass is 19.1. The third kappa shape index (κ3) is 11.5. The molecule has 2 aromatic rings. The average Bonchev–Trinajstić information content (AvgIpc) is 3.12. The van der Waals surface area contributed by atoms with E-state index >= 15 is 0 Å². The smallest absolute Gasteiger partial charge is 0.410 e. The number of allylic oxidation sites excluding steroid dienone is 6. The number of carbonyl (C=O) groups excluding carboxylic acids is 1. The van der Waals surface area contributed by atoms with Crippen molar-refractivity contribution in [2.24, 2.45) is 11.7 Å². The number of hydrogen-bond donors (Lipinski definition) is 1. The zero-order chi connectivity index (χ0) is 33.7. The normalized spacial score (nSPS) is 16.8. The average molecular weight is 633 g/mol. The first-order valence-electron chi connectivity index (χ1n) is 16.5. The molecule has 2 aromatic heterocycles. The number of nitrogens with two attached hydrogens (primary N) is 1. The van der Waals surface area contributed by atoms with Gasteiger partial charge in [0.15, 0.2) is 0 Å². The Morgan fingerprint density at radius 2 is 1.96 bits per heavy atom. The number of rotatable bonds is 11. The molecule has 4 rings (SSSR count). The third-order valence-corrected chi connectivity index (χ3v) is 8.11. The third-order valence-electron chi connectivity index (χ3n) is 8.11. The molecular weight excluding hydrogens is 579 g/mol. The highest BCUT2D eigenvalue weighted by molar-refractivity contribution is 5.80. The predicted octanol–water partition coefficient (Wildman–Crippen LogP) is 9.06. The fourth-order valence-electron chi connectivity index (χ4n) is 5.14. The van der Waals surface area contributed by atoms with Crippen LogP contribution in [0, 0.1) is 12.8 Å². The van der Waals surface area contributed by atoms with Gasteiger partial charge in [-0.15, -0.1) is 0 Å². The van der Waals surface area contributed by atoms with Gasteiger partial charge in [-0.2, -0.15) is 0 Å². The van der Waals surface area contributed by atoms with Gasteiger partial charge in [-0.25, -0.2) is 9.18 Å². The molecule has 8 heteroatoms. The van der Waals surface area contributed by atoms with Crippen molar-refractivity contribution in [1.82, 2.24) is 14.9 Å². The summed E-state index contributed by atoms with van der Waals surface area (Å²) in [5, 5.41) is 0. The van der Waals surface area contributed by atoms with Crippen LogP contribution in [0.1, 0.15) is 107 Å². The van der Waals surface area contributed by atoms with Crippen LogP contribution < -0.4 is 5.73 Å². The summed E-state index contributed by atoms with van der Waals surface area (Å²) in [5.74, 6) is 0.363. The molecule has 1 atom stereocenters. The number of halogens is 1. The molecule has 1 amide bonds. The van der Waals surface area contributed by atoms with Gasteiger partial charge in [-0.3, -0.25) is 9.97 Å². The topological polar surface area (TPSA) is 90.6 Å². The quantitative estimate of drug-likeness (QED) is 0.266. The maximum Gasteiger partial charge on any atom is 0.410 e. The van der Waals surface area contributed by atoms with Crippen LogP contribution in [0.5, 0.6) is 0 Å². The second kappa shape index (κ2) is 17.8. The van der Waals surface area contributed by atoms with Gasteiger partial charge in [0.05, 0.1) is 24.5 Å². The van der Waals surface area contributed by atoms with Crippen LogP contribution >= 0.6 is 0 Å². The van der Waals surface area contributed by atoms with Gasteiger partial charge in [0.25, 0.3) is 0 Å². The maximum atomic E-state index is 12.8. The van der Waals surface area contributed by atoms with Gasteiger partial charge in [-0.05, 0) is 112 Å². The van der Waals surface area contributed by atoms with Crippen molar-refractivity contribution in [3.05, 3.63) is 94.5 Å². The Bertz CT molecular complexity index is 1400.